The van der Waals surface area contributed by atoms with Crippen LogP contribution >= 0.6 is 0 Å². The SMILES string of the molecule is CC(C)Oc1ccc(C(O)C2Cc3ccccc3N2)cc1. The fourth-order valence-corrected chi connectivity index (χ4v) is 2.77. The average molecular weight is 283 g/mol. The number of ether oxygens (including phenoxy) is 1. The van der Waals surface area contributed by atoms with Crippen LogP contribution in [0.25, 0.3) is 0 Å². The molecule has 1 heterocycles. The molecule has 1 aliphatic rings. The molecule has 0 spiro atoms. The summed E-state index contributed by atoms with van der Waals surface area (Å²) in [6, 6.07) is 15.9. The van der Waals surface area contributed by atoms with Crippen LogP contribution in [0.2, 0.25) is 0 Å². The van der Waals surface area contributed by atoms with Gasteiger partial charge in [0.1, 0.15) is 5.75 Å². The molecule has 0 amide bonds. The van der Waals surface area contributed by atoms with Crippen LogP contribution in [-0.2, 0) is 6.42 Å². The maximum Gasteiger partial charge on any atom is 0.119 e. The number of fused-ring (bicyclic) bond motifs is 1. The lowest BCUT2D eigenvalue weighted by Crippen LogP contribution is -2.24. The van der Waals surface area contributed by atoms with Crippen molar-refractivity contribution >= 4 is 5.69 Å². The normalized spacial score (nSPS) is 18.2. The maximum absolute atomic E-state index is 10.6. The van der Waals surface area contributed by atoms with Gasteiger partial charge in [0.05, 0.1) is 18.2 Å². The van der Waals surface area contributed by atoms with Gasteiger partial charge in [-0.2, -0.15) is 0 Å². The van der Waals surface area contributed by atoms with Crippen molar-refractivity contribution in [1.29, 1.82) is 0 Å². The number of hydrogen-bond acceptors (Lipinski definition) is 3. The molecule has 0 aliphatic carbocycles. The highest BCUT2D eigenvalue weighted by atomic mass is 16.5. The van der Waals surface area contributed by atoms with Crippen molar-refractivity contribution in [2.75, 3.05) is 5.32 Å². The van der Waals surface area contributed by atoms with Crippen LogP contribution < -0.4 is 10.1 Å². The third-order valence-corrected chi connectivity index (χ3v) is 3.77. The summed E-state index contributed by atoms with van der Waals surface area (Å²) in [6.07, 6.45) is 0.485. The minimum Gasteiger partial charge on any atom is -0.491 e. The Balaban J connectivity index is 1.70. The molecule has 3 rings (SSSR count). The van der Waals surface area contributed by atoms with Gasteiger partial charge >= 0.3 is 0 Å². The van der Waals surface area contributed by atoms with E-state index < -0.39 is 6.10 Å². The van der Waals surface area contributed by atoms with E-state index in [1.165, 1.54) is 5.56 Å². The fraction of sp³-hybridized carbons (Fsp3) is 0.333. The minimum absolute atomic E-state index is 0.0271. The minimum atomic E-state index is -0.523. The highest BCUT2D eigenvalue weighted by Crippen LogP contribution is 2.32. The zero-order chi connectivity index (χ0) is 14.8. The van der Waals surface area contributed by atoms with Crippen LogP contribution in [0.4, 0.5) is 5.69 Å². The van der Waals surface area contributed by atoms with E-state index >= 15 is 0 Å². The van der Waals surface area contributed by atoms with E-state index in [1.54, 1.807) is 0 Å². The van der Waals surface area contributed by atoms with Gasteiger partial charge < -0.3 is 15.2 Å². The zero-order valence-corrected chi connectivity index (χ0v) is 12.4. The highest BCUT2D eigenvalue weighted by Gasteiger charge is 2.27. The molecule has 2 aromatic rings. The Morgan fingerprint density at radius 2 is 1.81 bits per heavy atom. The summed E-state index contributed by atoms with van der Waals surface area (Å²) in [7, 11) is 0. The van der Waals surface area contributed by atoms with E-state index in [1.807, 2.05) is 50.2 Å². The van der Waals surface area contributed by atoms with E-state index in [0.717, 1.165) is 23.4 Å². The smallest absolute Gasteiger partial charge is 0.119 e. The van der Waals surface area contributed by atoms with Crippen molar-refractivity contribution in [3.05, 3.63) is 59.7 Å². The van der Waals surface area contributed by atoms with Gasteiger partial charge in [0, 0.05) is 5.69 Å². The van der Waals surface area contributed by atoms with Crippen LogP contribution in [0.5, 0.6) is 5.75 Å². The quantitative estimate of drug-likeness (QED) is 0.901. The van der Waals surface area contributed by atoms with E-state index in [9.17, 15) is 5.11 Å². The third kappa shape index (κ3) is 3.03. The first kappa shape index (κ1) is 14.0. The number of aliphatic hydroxyl groups excluding tert-OH is 1. The second kappa shape index (κ2) is 5.78. The molecule has 0 radical (unpaired) electrons. The third-order valence-electron chi connectivity index (χ3n) is 3.77. The Labute approximate surface area is 125 Å². The second-order valence-corrected chi connectivity index (χ2v) is 5.79. The number of rotatable bonds is 4. The summed E-state index contributed by atoms with van der Waals surface area (Å²) < 4.78 is 5.63. The molecule has 0 saturated heterocycles. The van der Waals surface area contributed by atoms with Crippen LogP contribution in [0.3, 0.4) is 0 Å². The van der Waals surface area contributed by atoms with Gasteiger partial charge in [0.25, 0.3) is 0 Å². The number of nitrogens with one attached hydrogen (secondary N) is 1. The van der Waals surface area contributed by atoms with Crippen LogP contribution in [0.15, 0.2) is 48.5 Å². The molecule has 2 N–H and O–H groups in total. The lowest BCUT2D eigenvalue weighted by Gasteiger charge is -2.20. The summed E-state index contributed by atoms with van der Waals surface area (Å²) in [5.74, 6) is 0.837. The van der Waals surface area contributed by atoms with E-state index in [0.29, 0.717) is 0 Å². The van der Waals surface area contributed by atoms with Gasteiger partial charge in [-0.25, -0.2) is 0 Å². The Hall–Kier alpha value is -2.00. The Kier molecular flexibility index (Phi) is 3.84. The summed E-state index contributed by atoms with van der Waals surface area (Å²) in [5, 5.41) is 14.0. The predicted octanol–water partition coefficient (Wildman–Crippen LogP) is 3.54. The second-order valence-electron chi connectivity index (χ2n) is 5.79. The van der Waals surface area contributed by atoms with Gasteiger partial charge in [-0.1, -0.05) is 30.3 Å². The van der Waals surface area contributed by atoms with Gasteiger partial charge in [-0.05, 0) is 49.6 Å². The monoisotopic (exact) mass is 283 g/mol. The molecule has 0 bridgehead atoms. The van der Waals surface area contributed by atoms with Gasteiger partial charge in [-0.15, -0.1) is 0 Å². The molecule has 1 aliphatic heterocycles. The molecular formula is C18H21NO2. The van der Waals surface area contributed by atoms with Gasteiger partial charge in [0.15, 0.2) is 0 Å². The van der Waals surface area contributed by atoms with Crippen molar-refractivity contribution in [1.82, 2.24) is 0 Å². The first-order valence-electron chi connectivity index (χ1n) is 7.42. The van der Waals surface area contributed by atoms with Gasteiger partial charge in [0.2, 0.25) is 0 Å². The van der Waals surface area contributed by atoms with E-state index in [4.69, 9.17) is 4.74 Å². The topological polar surface area (TPSA) is 41.5 Å². The molecule has 110 valence electrons. The summed E-state index contributed by atoms with van der Waals surface area (Å²) in [6.45, 7) is 4.00. The zero-order valence-electron chi connectivity index (χ0n) is 12.4. The number of para-hydroxylation sites is 1. The molecule has 2 aromatic carbocycles. The first-order valence-corrected chi connectivity index (χ1v) is 7.42. The lowest BCUT2D eigenvalue weighted by atomic mass is 9.99. The van der Waals surface area contributed by atoms with Crippen molar-refractivity contribution in [3.63, 3.8) is 0 Å². The Bertz CT molecular complexity index is 582. The van der Waals surface area contributed by atoms with Crippen molar-refractivity contribution < 1.29 is 9.84 Å². The molecular weight excluding hydrogens is 262 g/mol. The van der Waals surface area contributed by atoms with Crippen LogP contribution in [0, 0.1) is 0 Å². The first-order chi connectivity index (χ1) is 10.1. The number of hydrogen-bond donors (Lipinski definition) is 2. The number of aliphatic hydroxyl groups is 1. The molecule has 0 fully saturated rings. The largest absolute Gasteiger partial charge is 0.491 e. The lowest BCUT2D eigenvalue weighted by molar-refractivity contribution is 0.156. The van der Waals surface area contributed by atoms with Crippen molar-refractivity contribution in [2.45, 2.75) is 38.5 Å². The summed E-state index contributed by atoms with van der Waals surface area (Å²) in [4.78, 5) is 0. The van der Waals surface area contributed by atoms with Crippen molar-refractivity contribution in [3.8, 4) is 5.75 Å². The summed E-state index contributed by atoms with van der Waals surface area (Å²) in [5.41, 5.74) is 3.30. The average Bonchev–Trinajstić information content (AvgIpc) is 2.90. The number of anilines is 1. The Morgan fingerprint density at radius 3 is 2.48 bits per heavy atom. The number of benzene rings is 2. The van der Waals surface area contributed by atoms with Crippen molar-refractivity contribution in [2.24, 2.45) is 0 Å². The molecule has 2 atom stereocenters. The van der Waals surface area contributed by atoms with E-state index in [2.05, 4.69) is 17.4 Å². The molecule has 0 saturated carbocycles. The molecule has 3 nitrogen and oxygen atoms in total. The molecule has 21 heavy (non-hydrogen) atoms. The molecule has 2 unspecified atom stereocenters. The van der Waals surface area contributed by atoms with Crippen LogP contribution in [0.1, 0.15) is 31.1 Å². The van der Waals surface area contributed by atoms with Crippen LogP contribution in [-0.4, -0.2) is 17.3 Å². The Morgan fingerprint density at radius 1 is 1.10 bits per heavy atom. The maximum atomic E-state index is 10.6. The highest BCUT2D eigenvalue weighted by molar-refractivity contribution is 5.57. The van der Waals surface area contributed by atoms with Gasteiger partial charge in [-0.3, -0.25) is 0 Å². The molecule has 3 heteroatoms. The predicted molar refractivity (Wildman–Crippen MR) is 84.7 cm³/mol. The standard InChI is InChI=1S/C18H21NO2/c1-12(2)21-15-9-7-13(8-10-15)18(20)17-11-14-5-3-4-6-16(14)19-17/h3-10,12,17-20H,11H2,1-2H3. The molecule has 0 aromatic heterocycles. The summed E-state index contributed by atoms with van der Waals surface area (Å²) >= 11 is 0. The van der Waals surface area contributed by atoms with E-state index in [-0.39, 0.29) is 12.1 Å². The fourth-order valence-electron chi connectivity index (χ4n) is 2.77.